The number of para-hydroxylation sites is 1. The van der Waals surface area contributed by atoms with Crippen LogP contribution in [-0.2, 0) is 27.1 Å². The number of phenolic OH excluding ortho intramolecular Hbond substituents is 1. The molecule has 73 heavy (non-hydrogen) atoms. The number of rotatable bonds is 7. The normalized spacial score (nSPS) is 13.5. The molecule has 2 heterocycles. The minimum absolute atomic E-state index is 0.0479. The lowest BCUT2D eigenvalue weighted by Crippen LogP contribution is -2.17. The van der Waals surface area contributed by atoms with E-state index in [2.05, 4.69) is 218 Å². The monoisotopic (exact) mass is 965 g/mol. The second-order valence-corrected chi connectivity index (χ2v) is 25.3. The zero-order valence-electron chi connectivity index (χ0n) is 48.8. The maximum absolute atomic E-state index is 12.8. The van der Waals surface area contributed by atoms with Crippen LogP contribution in [-0.4, -0.2) is 19.6 Å². The molecule has 0 atom stereocenters. The number of imidazole rings is 1. The molecular weight excluding hydrogens is 887 g/mol. The maximum Gasteiger partial charge on any atom is 0.149 e. The van der Waals surface area contributed by atoms with Crippen LogP contribution in [0.1, 0.15) is 141 Å². The largest absolute Gasteiger partial charge is 0.507 e. The van der Waals surface area contributed by atoms with E-state index >= 15 is 0 Å². The lowest BCUT2D eigenvalue weighted by atomic mass is 9.79. The van der Waals surface area contributed by atoms with Crippen molar-refractivity contribution in [3.63, 3.8) is 0 Å². The van der Waals surface area contributed by atoms with Crippen molar-refractivity contribution in [3.8, 4) is 78.6 Å². The molecule has 0 unspecified atom stereocenters. The van der Waals surface area contributed by atoms with Crippen LogP contribution in [0, 0.1) is 6.85 Å². The Labute approximate surface area is 440 Å². The molecule has 0 spiro atoms. The van der Waals surface area contributed by atoms with E-state index in [1.807, 2.05) is 48.7 Å². The van der Waals surface area contributed by atoms with Gasteiger partial charge in [-0.2, -0.15) is 0 Å². The van der Waals surface area contributed by atoms with Gasteiger partial charge in [0, 0.05) is 32.6 Å². The van der Waals surface area contributed by atoms with Crippen LogP contribution < -0.4 is 0 Å². The van der Waals surface area contributed by atoms with E-state index in [9.17, 15) is 9.22 Å². The van der Waals surface area contributed by atoms with Crippen LogP contribution in [0.25, 0.3) is 83.9 Å². The molecule has 1 N–H and O–H groups in total. The Hall–Kier alpha value is -7.04. The Kier molecular flexibility index (Phi) is 11.9. The number of hydrogen-bond acceptors (Lipinski definition) is 3. The molecule has 0 saturated heterocycles. The lowest BCUT2D eigenvalue weighted by molar-refractivity contribution is 0.446. The summed E-state index contributed by atoms with van der Waals surface area (Å²) >= 11 is 0. The fraction of sp³-hybridized carbons (Fsp3) is 0.304. The predicted molar refractivity (Wildman–Crippen MR) is 311 cm³/mol. The molecule has 7 aromatic carbocycles. The molecule has 0 aliphatic rings. The molecule has 0 saturated carbocycles. The van der Waals surface area contributed by atoms with E-state index in [-0.39, 0.29) is 33.0 Å². The van der Waals surface area contributed by atoms with Gasteiger partial charge in [-0.05, 0) is 144 Å². The fourth-order valence-corrected chi connectivity index (χ4v) is 9.87. The summed E-state index contributed by atoms with van der Waals surface area (Å²) in [5.74, 6) is 0.647. The van der Waals surface area contributed by atoms with E-state index < -0.39 is 12.3 Å². The molecule has 4 nitrogen and oxygen atoms in total. The highest BCUT2D eigenvalue weighted by Gasteiger charge is 2.30. The standard InChI is InChI=1S/C69H75N3O/c1-43-35-61(56(45-21-18-17-19-22-45)42-55(43)46-27-31-51(32-28-46)66(5,6)7)72-60-24-20-23-54(62(60)71-64(72)57-40-53(68(11,12)13)41-58(63(57)73)69(14,15)16)48-36-49(38-52(37-48)67(8,9)10)59-39-47(33-34-70-59)44-25-29-50(30-26-44)65(2,3)4/h17-42,73H,1-16H3/i1D3. The first-order valence-electron chi connectivity index (χ1n) is 27.4. The first kappa shape index (κ1) is 47.0. The van der Waals surface area contributed by atoms with Gasteiger partial charge in [-0.1, -0.05) is 207 Å². The summed E-state index contributed by atoms with van der Waals surface area (Å²) in [6.45, 7) is 30.4. The van der Waals surface area contributed by atoms with Crippen LogP contribution in [0.15, 0.2) is 158 Å². The summed E-state index contributed by atoms with van der Waals surface area (Å²) in [4.78, 5) is 10.7. The van der Waals surface area contributed by atoms with Crippen LogP contribution >= 0.6 is 0 Å². The van der Waals surface area contributed by atoms with Crippen molar-refractivity contribution in [1.82, 2.24) is 14.5 Å². The highest BCUT2D eigenvalue weighted by molar-refractivity contribution is 5.98. The number of hydrogen-bond donors (Lipinski definition) is 1. The zero-order valence-corrected chi connectivity index (χ0v) is 45.8. The Balaban J connectivity index is 1.37. The second kappa shape index (κ2) is 18.5. The van der Waals surface area contributed by atoms with Crippen LogP contribution in [0.3, 0.4) is 0 Å². The summed E-state index contributed by atoms with van der Waals surface area (Å²) < 4.78 is 29.6. The first-order chi connectivity index (χ1) is 35.4. The number of phenols is 1. The number of benzene rings is 7. The van der Waals surface area contributed by atoms with Crippen molar-refractivity contribution in [2.45, 2.75) is 138 Å². The molecule has 0 bridgehead atoms. The van der Waals surface area contributed by atoms with Gasteiger partial charge in [0.1, 0.15) is 11.6 Å². The summed E-state index contributed by atoms with van der Waals surface area (Å²) in [6, 6.07) is 52.7. The highest BCUT2D eigenvalue weighted by atomic mass is 16.3. The third-order valence-corrected chi connectivity index (χ3v) is 14.5. The van der Waals surface area contributed by atoms with Crippen molar-refractivity contribution < 1.29 is 9.22 Å². The maximum atomic E-state index is 12.8. The number of pyridine rings is 1. The number of aromatic hydroxyl groups is 1. The molecule has 9 aromatic rings. The van der Waals surface area contributed by atoms with E-state index in [0.29, 0.717) is 28.2 Å². The highest BCUT2D eigenvalue weighted by Crippen LogP contribution is 2.47. The van der Waals surface area contributed by atoms with Gasteiger partial charge < -0.3 is 5.11 Å². The molecule has 9 rings (SSSR count). The van der Waals surface area contributed by atoms with E-state index in [1.54, 1.807) is 0 Å². The summed E-state index contributed by atoms with van der Waals surface area (Å²) in [5, 5.41) is 12.8. The minimum atomic E-state index is -2.50. The number of aryl methyl sites for hydroxylation is 1. The van der Waals surface area contributed by atoms with E-state index in [0.717, 1.165) is 78.0 Å². The third-order valence-electron chi connectivity index (χ3n) is 14.5. The Morgan fingerprint density at radius 2 is 1.00 bits per heavy atom. The van der Waals surface area contributed by atoms with Gasteiger partial charge in [-0.25, -0.2) is 4.98 Å². The van der Waals surface area contributed by atoms with Gasteiger partial charge in [-0.15, -0.1) is 0 Å². The predicted octanol–water partition coefficient (Wildman–Crippen LogP) is 18.9. The molecule has 2 aromatic heterocycles. The average molecular weight is 965 g/mol. The first-order valence-corrected chi connectivity index (χ1v) is 25.9. The summed E-state index contributed by atoms with van der Waals surface area (Å²) in [6.07, 6.45) is 1.90. The summed E-state index contributed by atoms with van der Waals surface area (Å²) in [7, 11) is 0. The molecule has 4 heteroatoms. The molecule has 372 valence electrons. The second-order valence-electron chi connectivity index (χ2n) is 25.3. The lowest BCUT2D eigenvalue weighted by Gasteiger charge is -2.28. The number of aromatic nitrogens is 3. The molecule has 0 fully saturated rings. The smallest absolute Gasteiger partial charge is 0.149 e. The van der Waals surface area contributed by atoms with Gasteiger partial charge in [0.25, 0.3) is 0 Å². The van der Waals surface area contributed by atoms with Crippen LogP contribution in [0.4, 0.5) is 0 Å². The van der Waals surface area contributed by atoms with Crippen molar-refractivity contribution in [1.29, 1.82) is 0 Å². The molecule has 0 aliphatic carbocycles. The van der Waals surface area contributed by atoms with Gasteiger partial charge in [0.15, 0.2) is 0 Å². The third kappa shape index (κ3) is 10.2. The number of fused-ring (bicyclic) bond motifs is 1. The summed E-state index contributed by atoms with van der Waals surface area (Å²) in [5.41, 5.74) is 16.5. The topological polar surface area (TPSA) is 50.9 Å². The van der Waals surface area contributed by atoms with E-state index in [1.165, 1.54) is 5.56 Å². The fourth-order valence-electron chi connectivity index (χ4n) is 9.87. The van der Waals surface area contributed by atoms with Crippen LogP contribution in [0.2, 0.25) is 0 Å². The Bertz CT molecular complexity index is 3620. The molecular formula is C69H75N3O. The van der Waals surface area contributed by atoms with E-state index in [4.69, 9.17) is 9.97 Å². The quantitative estimate of drug-likeness (QED) is 0.173. The van der Waals surface area contributed by atoms with Crippen LogP contribution in [0.5, 0.6) is 5.75 Å². The molecule has 0 radical (unpaired) electrons. The van der Waals surface area contributed by atoms with Crippen molar-refractivity contribution in [3.05, 3.63) is 191 Å². The van der Waals surface area contributed by atoms with Gasteiger partial charge in [-0.3, -0.25) is 9.55 Å². The van der Waals surface area contributed by atoms with Crippen molar-refractivity contribution in [2.75, 3.05) is 0 Å². The Morgan fingerprint density at radius 3 is 1.59 bits per heavy atom. The SMILES string of the molecule is [2H]C([2H])([2H])c1cc(-n2c(-c3cc(C(C)(C)C)cc(C(C)(C)C)c3O)nc3c(-c4cc(-c5cc(-c6ccc(C(C)(C)C)cc6)ccn5)cc(C(C)(C)C)c4)cccc32)c(-c2ccccc2)cc1-c1ccc(C(C)(C)C)cc1. The van der Waals surface area contributed by atoms with Gasteiger partial charge in [0.2, 0.25) is 0 Å². The minimum Gasteiger partial charge on any atom is -0.507 e. The zero-order chi connectivity index (χ0) is 55.1. The average Bonchev–Trinajstić information content (AvgIpc) is 3.74. The molecule has 0 aliphatic heterocycles. The van der Waals surface area contributed by atoms with Crippen molar-refractivity contribution >= 4 is 11.0 Å². The molecule has 0 amide bonds. The van der Waals surface area contributed by atoms with Gasteiger partial charge in [0.05, 0.1) is 28.0 Å². The van der Waals surface area contributed by atoms with Gasteiger partial charge >= 0.3 is 0 Å². The Morgan fingerprint density at radius 1 is 0.425 bits per heavy atom. The number of nitrogens with zero attached hydrogens (tertiary/aromatic N) is 3. The van der Waals surface area contributed by atoms with Crippen molar-refractivity contribution in [2.24, 2.45) is 0 Å².